The number of nitrogens with zero attached hydrogens (tertiary/aromatic N) is 1. The molecule has 0 amide bonds. The van der Waals surface area contributed by atoms with Gasteiger partial charge in [0, 0.05) is 18.6 Å². The van der Waals surface area contributed by atoms with Gasteiger partial charge in [-0.25, -0.2) is 0 Å². The first-order valence-electron chi connectivity index (χ1n) is 3.64. The Bertz CT molecular complexity index is 289. The van der Waals surface area contributed by atoms with E-state index in [1.807, 2.05) is 18.2 Å². The maximum absolute atomic E-state index is 5.46. The van der Waals surface area contributed by atoms with Crippen LogP contribution < -0.4 is 0 Å². The van der Waals surface area contributed by atoms with Crippen molar-refractivity contribution in [2.24, 2.45) is 0 Å². The molecule has 2 aromatic rings. The van der Waals surface area contributed by atoms with Gasteiger partial charge in [0.15, 0.2) is 0 Å². The molecule has 13 heavy (non-hydrogen) atoms. The summed E-state index contributed by atoms with van der Waals surface area (Å²) < 4.78 is 0. The molecule has 0 spiro atoms. The molecule has 4 heteroatoms. The van der Waals surface area contributed by atoms with Crippen LogP contribution in [0.3, 0.4) is 0 Å². The zero-order valence-corrected chi connectivity index (χ0v) is 8.26. The third-order valence-electron chi connectivity index (χ3n) is 1.22. The number of pyridine rings is 1. The highest BCUT2D eigenvalue weighted by molar-refractivity contribution is 6.41. The minimum Gasteiger partial charge on any atom is -0.351 e. The van der Waals surface area contributed by atoms with Crippen molar-refractivity contribution in [1.82, 2.24) is 9.97 Å². The van der Waals surface area contributed by atoms with E-state index in [1.54, 1.807) is 24.7 Å². The Morgan fingerprint density at radius 1 is 1.08 bits per heavy atom. The van der Waals surface area contributed by atoms with E-state index >= 15 is 0 Å². The first-order chi connectivity index (χ1) is 6.30. The number of aromatic amines is 1. The van der Waals surface area contributed by atoms with Gasteiger partial charge >= 0.3 is 0 Å². The van der Waals surface area contributed by atoms with Gasteiger partial charge in [0.25, 0.3) is 0 Å². The van der Waals surface area contributed by atoms with E-state index in [1.165, 1.54) is 0 Å². The molecular formula is C9H8Cl2N2. The predicted molar refractivity (Wildman–Crippen MR) is 55.0 cm³/mol. The Hall–Kier alpha value is -0.990. The first-order valence-corrected chi connectivity index (χ1v) is 4.39. The lowest BCUT2D eigenvalue weighted by molar-refractivity contribution is 1.33. The molecule has 2 heterocycles. The monoisotopic (exact) mass is 214 g/mol. The fraction of sp³-hybridized carbons (Fsp3) is 0. The van der Waals surface area contributed by atoms with Gasteiger partial charge in [-0.05, 0) is 18.2 Å². The van der Waals surface area contributed by atoms with E-state index in [0.29, 0.717) is 10.2 Å². The summed E-state index contributed by atoms with van der Waals surface area (Å²) in [4.78, 5) is 6.49. The summed E-state index contributed by atoms with van der Waals surface area (Å²) >= 11 is 10.9. The summed E-state index contributed by atoms with van der Waals surface area (Å²) in [5.74, 6) is 0. The third-order valence-corrected chi connectivity index (χ3v) is 1.94. The van der Waals surface area contributed by atoms with Crippen molar-refractivity contribution < 1.29 is 0 Å². The molecule has 0 saturated carbocycles. The van der Waals surface area contributed by atoms with Crippen LogP contribution >= 0.6 is 23.2 Å². The fourth-order valence-electron chi connectivity index (χ4n) is 0.643. The summed E-state index contributed by atoms with van der Waals surface area (Å²) in [6.07, 6.45) is 5.19. The molecule has 2 rings (SSSR count). The van der Waals surface area contributed by atoms with Crippen LogP contribution in [0.2, 0.25) is 10.2 Å². The second-order valence-corrected chi connectivity index (χ2v) is 2.95. The van der Waals surface area contributed by atoms with Gasteiger partial charge in [0.2, 0.25) is 0 Å². The van der Waals surface area contributed by atoms with Gasteiger partial charge in [0.05, 0.1) is 5.02 Å². The highest BCUT2D eigenvalue weighted by atomic mass is 35.5. The molecule has 0 bridgehead atoms. The predicted octanol–water partition coefficient (Wildman–Crippen LogP) is 3.40. The van der Waals surface area contributed by atoms with Crippen LogP contribution in [0.25, 0.3) is 0 Å². The summed E-state index contributed by atoms with van der Waals surface area (Å²) in [6.45, 7) is 0. The molecule has 0 aromatic carbocycles. The lowest BCUT2D eigenvalue weighted by Gasteiger charge is -1.75. The van der Waals surface area contributed by atoms with Crippen molar-refractivity contribution in [1.29, 1.82) is 0 Å². The zero-order valence-electron chi connectivity index (χ0n) is 6.74. The van der Waals surface area contributed by atoms with Crippen LogP contribution in [-0.2, 0) is 0 Å². The lowest BCUT2D eigenvalue weighted by atomic mass is 10.5. The summed E-state index contributed by atoms with van der Waals surface area (Å²) in [5, 5.41) is 1.07. The van der Waals surface area contributed by atoms with Crippen molar-refractivity contribution in [2.75, 3.05) is 0 Å². The quantitative estimate of drug-likeness (QED) is 0.716. The topological polar surface area (TPSA) is 28.7 Å². The van der Waals surface area contributed by atoms with Crippen molar-refractivity contribution in [3.8, 4) is 0 Å². The fourth-order valence-corrected chi connectivity index (χ4v) is 0.886. The number of H-pyrrole nitrogens is 1. The second-order valence-electron chi connectivity index (χ2n) is 2.16. The Kier molecular flexibility index (Phi) is 4.36. The van der Waals surface area contributed by atoms with E-state index in [0.717, 1.165) is 0 Å². The molecule has 2 nitrogen and oxygen atoms in total. The molecule has 0 atom stereocenters. The van der Waals surface area contributed by atoms with E-state index < -0.39 is 0 Å². The summed E-state index contributed by atoms with van der Waals surface area (Å²) in [6, 6.07) is 7.41. The normalized spacial score (nSPS) is 8.77. The molecular weight excluding hydrogens is 207 g/mol. The Balaban J connectivity index is 0.000000132. The van der Waals surface area contributed by atoms with Gasteiger partial charge < -0.3 is 4.98 Å². The molecule has 0 saturated heterocycles. The molecule has 0 fully saturated rings. The third kappa shape index (κ3) is 3.97. The average Bonchev–Trinajstić information content (AvgIpc) is 2.55. The van der Waals surface area contributed by atoms with Crippen molar-refractivity contribution in [3.05, 3.63) is 53.0 Å². The standard InChI is InChI=1S/C5H5N.C4H3Cl2N/c1-2-4-6-5-3-1;5-3-1-2-7-4(3)6/h1-5H;1-2,7H. The average molecular weight is 215 g/mol. The van der Waals surface area contributed by atoms with E-state index in [-0.39, 0.29) is 0 Å². The van der Waals surface area contributed by atoms with Gasteiger partial charge in [-0.3, -0.25) is 4.98 Å². The molecule has 0 aliphatic carbocycles. The maximum Gasteiger partial charge on any atom is 0.125 e. The molecule has 0 unspecified atom stereocenters. The number of nitrogens with one attached hydrogen (secondary N) is 1. The van der Waals surface area contributed by atoms with Gasteiger partial charge in [0.1, 0.15) is 5.15 Å². The highest BCUT2D eigenvalue weighted by Crippen LogP contribution is 2.17. The molecule has 68 valence electrons. The van der Waals surface area contributed by atoms with Crippen LogP contribution in [0.5, 0.6) is 0 Å². The largest absolute Gasteiger partial charge is 0.351 e. The van der Waals surface area contributed by atoms with Crippen LogP contribution in [0.1, 0.15) is 0 Å². The maximum atomic E-state index is 5.46. The van der Waals surface area contributed by atoms with E-state index in [2.05, 4.69) is 9.97 Å². The molecule has 0 radical (unpaired) electrons. The molecule has 1 N–H and O–H groups in total. The van der Waals surface area contributed by atoms with Crippen molar-refractivity contribution in [3.63, 3.8) is 0 Å². The van der Waals surface area contributed by atoms with Gasteiger partial charge in [-0.15, -0.1) is 0 Å². The Labute approximate surface area is 86.5 Å². The van der Waals surface area contributed by atoms with Gasteiger partial charge in [-0.2, -0.15) is 0 Å². The molecule has 0 aliphatic heterocycles. The first kappa shape index (κ1) is 10.1. The smallest absolute Gasteiger partial charge is 0.125 e. The van der Waals surface area contributed by atoms with E-state index in [9.17, 15) is 0 Å². The SMILES string of the molecule is Clc1cc[nH]c1Cl.c1ccncc1. The zero-order chi connectivity index (χ0) is 9.52. The number of halogens is 2. The minimum atomic E-state index is 0.502. The Morgan fingerprint density at radius 2 is 1.77 bits per heavy atom. The Morgan fingerprint density at radius 3 is 1.92 bits per heavy atom. The highest BCUT2D eigenvalue weighted by Gasteiger charge is 1.91. The van der Waals surface area contributed by atoms with Crippen molar-refractivity contribution >= 4 is 23.2 Å². The van der Waals surface area contributed by atoms with Crippen LogP contribution in [-0.4, -0.2) is 9.97 Å². The molecule has 0 aliphatic rings. The number of rotatable bonds is 0. The van der Waals surface area contributed by atoms with Crippen molar-refractivity contribution in [2.45, 2.75) is 0 Å². The summed E-state index contributed by atoms with van der Waals surface area (Å²) in [5.41, 5.74) is 0. The summed E-state index contributed by atoms with van der Waals surface area (Å²) in [7, 11) is 0. The van der Waals surface area contributed by atoms with Gasteiger partial charge in [-0.1, -0.05) is 29.3 Å². The number of aromatic nitrogens is 2. The molecule has 2 aromatic heterocycles. The van der Waals surface area contributed by atoms with Crippen LogP contribution in [0, 0.1) is 0 Å². The second kappa shape index (κ2) is 5.62. The van der Waals surface area contributed by atoms with Crippen LogP contribution in [0.15, 0.2) is 42.9 Å². The van der Waals surface area contributed by atoms with Crippen LogP contribution in [0.4, 0.5) is 0 Å². The number of hydrogen-bond donors (Lipinski definition) is 1. The minimum absolute atomic E-state index is 0.502. The number of hydrogen-bond acceptors (Lipinski definition) is 1. The lowest BCUT2D eigenvalue weighted by Crippen LogP contribution is -1.58. The van der Waals surface area contributed by atoms with E-state index in [4.69, 9.17) is 23.2 Å².